The highest BCUT2D eigenvalue weighted by Crippen LogP contribution is 2.32. The Kier molecular flexibility index (Phi) is 5.06. The van der Waals surface area contributed by atoms with Gasteiger partial charge in [0.15, 0.2) is 0 Å². The summed E-state index contributed by atoms with van der Waals surface area (Å²) in [6, 6.07) is 12.2. The van der Waals surface area contributed by atoms with E-state index in [1.165, 1.54) is 18.9 Å². The lowest BCUT2D eigenvalue weighted by Crippen LogP contribution is -2.02. The van der Waals surface area contributed by atoms with E-state index in [1.807, 2.05) is 12.1 Å². The molecule has 0 saturated heterocycles. The van der Waals surface area contributed by atoms with Gasteiger partial charge in [0.1, 0.15) is 0 Å². The number of hydrogen-bond donors (Lipinski definition) is 2. The average molecular weight is 317 g/mol. The molecule has 3 N–H and O–H groups in total. The Morgan fingerprint density at radius 2 is 1.86 bits per heavy atom. The van der Waals surface area contributed by atoms with E-state index in [0.29, 0.717) is 11.3 Å². The number of nitrogen functional groups attached to an aromatic ring is 1. The van der Waals surface area contributed by atoms with Crippen molar-refractivity contribution in [3.8, 4) is 0 Å². The molecule has 0 saturated carbocycles. The number of carbonyl (C=O) groups excluding carboxylic acids is 1. The highest BCUT2D eigenvalue weighted by atomic mass is 32.2. The van der Waals surface area contributed by atoms with Crippen molar-refractivity contribution in [2.75, 3.05) is 12.8 Å². The number of anilines is 1. The largest absolute Gasteiger partial charge is 0.481 e. The quantitative estimate of drug-likeness (QED) is 0.651. The molecule has 5 nitrogen and oxygen atoms in total. The van der Waals surface area contributed by atoms with Crippen LogP contribution in [0, 0.1) is 0 Å². The molecule has 22 heavy (non-hydrogen) atoms. The van der Waals surface area contributed by atoms with Gasteiger partial charge in [-0.3, -0.25) is 4.79 Å². The highest BCUT2D eigenvalue weighted by Gasteiger charge is 2.09. The summed E-state index contributed by atoms with van der Waals surface area (Å²) in [6.07, 6.45) is 0.000905. The Hall–Kier alpha value is -2.47. The number of benzene rings is 2. The molecule has 0 aromatic heterocycles. The summed E-state index contributed by atoms with van der Waals surface area (Å²) >= 11 is 1.45. The van der Waals surface area contributed by atoms with Crippen LogP contribution in [0.4, 0.5) is 5.69 Å². The summed E-state index contributed by atoms with van der Waals surface area (Å²) in [6.45, 7) is 0. The van der Waals surface area contributed by atoms with Crippen molar-refractivity contribution in [2.45, 2.75) is 16.2 Å². The molecular weight excluding hydrogens is 302 g/mol. The van der Waals surface area contributed by atoms with Gasteiger partial charge >= 0.3 is 11.9 Å². The summed E-state index contributed by atoms with van der Waals surface area (Å²) in [5.41, 5.74) is 7.59. The van der Waals surface area contributed by atoms with Crippen molar-refractivity contribution >= 4 is 29.4 Å². The molecule has 0 spiro atoms. The zero-order chi connectivity index (χ0) is 16.1. The van der Waals surface area contributed by atoms with E-state index in [-0.39, 0.29) is 6.42 Å². The summed E-state index contributed by atoms with van der Waals surface area (Å²) in [7, 11) is 1.32. The molecule has 0 aliphatic rings. The molecule has 2 rings (SSSR count). The van der Waals surface area contributed by atoms with Gasteiger partial charge in [0.25, 0.3) is 0 Å². The number of methoxy groups -OCH3 is 1. The fourth-order valence-electron chi connectivity index (χ4n) is 1.86. The molecule has 0 radical (unpaired) electrons. The molecule has 0 unspecified atom stereocenters. The number of esters is 1. The van der Waals surface area contributed by atoms with Crippen LogP contribution in [0.5, 0.6) is 0 Å². The Labute approximate surface area is 132 Å². The molecule has 0 atom stereocenters. The SMILES string of the molecule is COC(=O)c1ccc(Sc2ccc(CC(=O)O)cc2)c(N)c1. The van der Waals surface area contributed by atoms with Crippen LogP contribution in [0.3, 0.4) is 0 Å². The van der Waals surface area contributed by atoms with E-state index in [0.717, 1.165) is 15.4 Å². The number of hydrogen-bond acceptors (Lipinski definition) is 5. The monoisotopic (exact) mass is 317 g/mol. The third-order valence-corrected chi connectivity index (χ3v) is 4.04. The van der Waals surface area contributed by atoms with Crippen LogP contribution < -0.4 is 5.73 Å². The molecule has 2 aromatic carbocycles. The molecule has 2 aromatic rings. The van der Waals surface area contributed by atoms with Gasteiger partial charge in [-0.1, -0.05) is 23.9 Å². The molecular formula is C16H15NO4S. The van der Waals surface area contributed by atoms with E-state index in [9.17, 15) is 9.59 Å². The number of carbonyl (C=O) groups is 2. The van der Waals surface area contributed by atoms with Crippen LogP contribution in [0.1, 0.15) is 15.9 Å². The molecule has 114 valence electrons. The first kappa shape index (κ1) is 15.9. The van der Waals surface area contributed by atoms with Crippen LogP contribution in [0.15, 0.2) is 52.3 Å². The van der Waals surface area contributed by atoms with Gasteiger partial charge < -0.3 is 15.6 Å². The van der Waals surface area contributed by atoms with Gasteiger partial charge in [-0.05, 0) is 35.9 Å². The summed E-state index contributed by atoms with van der Waals surface area (Å²) in [4.78, 5) is 23.8. The molecule has 0 amide bonds. The van der Waals surface area contributed by atoms with Crippen molar-refractivity contribution in [3.63, 3.8) is 0 Å². The third kappa shape index (κ3) is 4.02. The number of nitrogens with two attached hydrogens (primary N) is 1. The van der Waals surface area contributed by atoms with Gasteiger partial charge in [-0.2, -0.15) is 0 Å². The Morgan fingerprint density at radius 3 is 2.41 bits per heavy atom. The first-order chi connectivity index (χ1) is 10.5. The van der Waals surface area contributed by atoms with E-state index in [4.69, 9.17) is 10.8 Å². The van der Waals surface area contributed by atoms with Crippen molar-refractivity contribution in [1.29, 1.82) is 0 Å². The van der Waals surface area contributed by atoms with Gasteiger partial charge in [0, 0.05) is 15.5 Å². The molecule has 0 aliphatic carbocycles. The van der Waals surface area contributed by atoms with Crippen LogP contribution in [0.2, 0.25) is 0 Å². The van der Waals surface area contributed by atoms with E-state index in [1.54, 1.807) is 30.3 Å². The topological polar surface area (TPSA) is 89.6 Å². The maximum Gasteiger partial charge on any atom is 0.337 e. The van der Waals surface area contributed by atoms with Gasteiger partial charge in [0.05, 0.1) is 19.1 Å². The summed E-state index contributed by atoms with van der Waals surface area (Å²) < 4.78 is 4.64. The van der Waals surface area contributed by atoms with Crippen LogP contribution in [-0.4, -0.2) is 24.2 Å². The number of ether oxygens (including phenoxy) is 1. The summed E-state index contributed by atoms with van der Waals surface area (Å²) in [5.74, 6) is -1.29. The van der Waals surface area contributed by atoms with Crippen molar-refractivity contribution in [1.82, 2.24) is 0 Å². The van der Waals surface area contributed by atoms with Crippen molar-refractivity contribution in [2.24, 2.45) is 0 Å². The minimum atomic E-state index is -0.858. The lowest BCUT2D eigenvalue weighted by Gasteiger charge is -2.08. The summed E-state index contributed by atoms with van der Waals surface area (Å²) in [5, 5.41) is 8.74. The predicted molar refractivity (Wildman–Crippen MR) is 84.1 cm³/mol. The Morgan fingerprint density at radius 1 is 1.18 bits per heavy atom. The lowest BCUT2D eigenvalue weighted by molar-refractivity contribution is -0.136. The normalized spacial score (nSPS) is 10.2. The van der Waals surface area contributed by atoms with Crippen LogP contribution in [-0.2, 0) is 16.0 Å². The fraction of sp³-hybridized carbons (Fsp3) is 0.125. The first-order valence-electron chi connectivity index (χ1n) is 6.46. The van der Waals surface area contributed by atoms with Gasteiger partial charge in [-0.25, -0.2) is 4.79 Å². The van der Waals surface area contributed by atoms with Crippen LogP contribution >= 0.6 is 11.8 Å². The lowest BCUT2D eigenvalue weighted by atomic mass is 10.2. The molecule has 0 heterocycles. The zero-order valence-electron chi connectivity index (χ0n) is 11.9. The third-order valence-electron chi connectivity index (χ3n) is 2.94. The fourth-order valence-corrected chi connectivity index (χ4v) is 2.70. The second kappa shape index (κ2) is 7.00. The smallest absolute Gasteiger partial charge is 0.337 e. The van der Waals surface area contributed by atoms with Gasteiger partial charge in [-0.15, -0.1) is 0 Å². The first-order valence-corrected chi connectivity index (χ1v) is 7.27. The molecule has 0 fully saturated rings. The highest BCUT2D eigenvalue weighted by molar-refractivity contribution is 7.99. The Balaban J connectivity index is 2.13. The zero-order valence-corrected chi connectivity index (χ0v) is 12.7. The second-order valence-electron chi connectivity index (χ2n) is 4.56. The number of carboxylic acid groups (broad SMARTS) is 1. The molecule has 0 aliphatic heterocycles. The number of rotatable bonds is 5. The van der Waals surface area contributed by atoms with E-state index in [2.05, 4.69) is 4.74 Å². The molecule has 6 heteroatoms. The minimum Gasteiger partial charge on any atom is -0.481 e. The second-order valence-corrected chi connectivity index (χ2v) is 5.68. The standard InChI is InChI=1S/C16H15NO4S/c1-21-16(20)11-4-7-14(13(17)9-11)22-12-5-2-10(3-6-12)8-15(18)19/h2-7,9H,8,17H2,1H3,(H,18,19). The van der Waals surface area contributed by atoms with Crippen molar-refractivity contribution in [3.05, 3.63) is 53.6 Å². The van der Waals surface area contributed by atoms with Gasteiger partial charge in [0.2, 0.25) is 0 Å². The molecule has 0 bridgehead atoms. The predicted octanol–water partition coefficient (Wildman–Crippen LogP) is 2.83. The van der Waals surface area contributed by atoms with E-state index >= 15 is 0 Å². The van der Waals surface area contributed by atoms with Crippen molar-refractivity contribution < 1.29 is 19.4 Å². The Bertz CT molecular complexity index is 698. The minimum absolute atomic E-state index is 0.000905. The van der Waals surface area contributed by atoms with Crippen LogP contribution in [0.25, 0.3) is 0 Å². The maximum absolute atomic E-state index is 11.4. The van der Waals surface area contributed by atoms with E-state index < -0.39 is 11.9 Å². The number of carboxylic acids is 1. The number of aliphatic carboxylic acids is 1. The maximum atomic E-state index is 11.4. The average Bonchev–Trinajstić information content (AvgIpc) is 2.50.